The maximum Gasteiger partial charge on any atom is 0.310 e. The average molecular weight is 370 g/mol. The Hall–Kier alpha value is -1.35. The minimum atomic E-state index is -9.69. The number of hydrogen-bond donors (Lipinski definition) is 0. The Morgan fingerprint density at radius 3 is 1.96 bits per heavy atom. The molecular formula is C15H19F5N2OS. The first-order valence-corrected chi connectivity index (χ1v) is 9.73. The molecule has 1 aliphatic carbocycles. The van der Waals surface area contributed by atoms with Crippen LogP contribution in [0.4, 0.5) is 19.4 Å². The van der Waals surface area contributed by atoms with Crippen LogP contribution < -0.4 is 0 Å². The molecule has 1 heterocycles. The summed E-state index contributed by atoms with van der Waals surface area (Å²) in [6.45, 7) is 3.47. The first-order valence-electron chi connectivity index (χ1n) is 7.78. The SMILES string of the molecule is O=C(c1ccc(S(F)(F)(F)(F)F)cc1)N1CCN(CC2CC2)CC1. The topological polar surface area (TPSA) is 23.6 Å². The Labute approximate surface area is 137 Å². The van der Waals surface area contributed by atoms with E-state index >= 15 is 0 Å². The van der Waals surface area contributed by atoms with Crippen LogP contribution in [0.2, 0.25) is 0 Å². The van der Waals surface area contributed by atoms with E-state index in [-0.39, 0.29) is 17.7 Å². The van der Waals surface area contributed by atoms with Gasteiger partial charge in [-0.1, -0.05) is 19.4 Å². The normalized spacial score (nSPS) is 22.8. The molecule has 0 radical (unpaired) electrons. The van der Waals surface area contributed by atoms with Gasteiger partial charge in [-0.15, -0.1) is 0 Å². The van der Waals surface area contributed by atoms with E-state index in [0.717, 1.165) is 37.7 Å². The lowest BCUT2D eigenvalue weighted by Crippen LogP contribution is -2.49. The fraction of sp³-hybridized carbons (Fsp3) is 0.533. The van der Waals surface area contributed by atoms with E-state index in [9.17, 15) is 24.2 Å². The minimum Gasteiger partial charge on any atom is -0.336 e. The predicted octanol–water partition coefficient (Wildman–Crippen LogP) is 4.51. The van der Waals surface area contributed by atoms with Gasteiger partial charge in [0.2, 0.25) is 0 Å². The number of benzene rings is 1. The van der Waals surface area contributed by atoms with Crippen LogP contribution in [0.3, 0.4) is 0 Å². The fourth-order valence-electron chi connectivity index (χ4n) is 2.84. The Morgan fingerprint density at radius 2 is 1.50 bits per heavy atom. The van der Waals surface area contributed by atoms with Crippen LogP contribution in [0.25, 0.3) is 0 Å². The molecule has 1 aromatic rings. The fourth-order valence-corrected chi connectivity index (χ4v) is 3.49. The summed E-state index contributed by atoms with van der Waals surface area (Å²) in [7, 11) is -9.69. The predicted molar refractivity (Wildman–Crippen MR) is 82.9 cm³/mol. The lowest BCUT2D eigenvalue weighted by molar-refractivity contribution is 0.0632. The van der Waals surface area contributed by atoms with Crippen molar-refractivity contribution in [2.24, 2.45) is 5.92 Å². The van der Waals surface area contributed by atoms with E-state index in [0.29, 0.717) is 13.1 Å². The molecule has 1 amide bonds. The molecule has 1 aliphatic heterocycles. The Bertz CT molecular complexity index is 634. The van der Waals surface area contributed by atoms with Gasteiger partial charge in [0.1, 0.15) is 4.90 Å². The first-order chi connectivity index (χ1) is 10.9. The monoisotopic (exact) mass is 370 g/mol. The second kappa shape index (κ2) is 5.08. The third-order valence-electron chi connectivity index (χ3n) is 4.42. The Morgan fingerprint density at radius 1 is 0.958 bits per heavy atom. The molecule has 0 spiro atoms. The number of hydrogen-bond acceptors (Lipinski definition) is 2. The van der Waals surface area contributed by atoms with E-state index in [1.807, 2.05) is 0 Å². The van der Waals surface area contributed by atoms with Crippen LogP contribution in [0.5, 0.6) is 0 Å². The molecule has 9 heteroatoms. The van der Waals surface area contributed by atoms with Crippen LogP contribution in [-0.4, -0.2) is 48.4 Å². The third kappa shape index (κ3) is 4.18. The molecule has 1 aromatic carbocycles. The highest BCUT2D eigenvalue weighted by atomic mass is 32.5. The zero-order valence-electron chi connectivity index (χ0n) is 12.9. The van der Waals surface area contributed by atoms with Crippen LogP contribution in [0, 0.1) is 5.92 Å². The molecule has 1 saturated heterocycles. The lowest BCUT2D eigenvalue weighted by atomic mass is 10.2. The Balaban J connectivity index is 1.63. The van der Waals surface area contributed by atoms with E-state index in [4.69, 9.17) is 0 Å². The van der Waals surface area contributed by atoms with Crippen molar-refractivity contribution >= 4 is 16.1 Å². The van der Waals surface area contributed by atoms with E-state index < -0.39 is 21.0 Å². The third-order valence-corrected chi connectivity index (χ3v) is 5.58. The number of halogens is 5. The van der Waals surface area contributed by atoms with Gasteiger partial charge in [-0.3, -0.25) is 9.69 Å². The number of carbonyl (C=O) groups is 1. The van der Waals surface area contributed by atoms with Gasteiger partial charge in [0.15, 0.2) is 0 Å². The number of nitrogens with zero attached hydrogens (tertiary/aromatic N) is 2. The summed E-state index contributed by atoms with van der Waals surface area (Å²) in [5.41, 5.74) is -0.00348. The molecule has 2 aliphatic rings. The van der Waals surface area contributed by atoms with Crippen molar-refractivity contribution in [1.82, 2.24) is 9.80 Å². The Kier molecular flexibility index (Phi) is 3.69. The average Bonchev–Trinajstić information content (AvgIpc) is 3.29. The molecule has 1 saturated carbocycles. The smallest absolute Gasteiger partial charge is 0.310 e. The first kappa shape index (κ1) is 17.5. The van der Waals surface area contributed by atoms with Crippen molar-refractivity contribution < 1.29 is 24.2 Å². The second-order valence-electron chi connectivity index (χ2n) is 6.53. The van der Waals surface area contributed by atoms with Crippen LogP contribution in [0.1, 0.15) is 23.2 Å². The van der Waals surface area contributed by atoms with Crippen molar-refractivity contribution in [1.29, 1.82) is 0 Å². The molecular weight excluding hydrogens is 351 g/mol. The summed E-state index contributed by atoms with van der Waals surface area (Å²) in [5.74, 6) is 0.335. The largest absolute Gasteiger partial charge is 0.336 e. The molecule has 3 rings (SSSR count). The summed E-state index contributed by atoms with van der Waals surface area (Å²) in [6, 6.07) is 2.23. The summed E-state index contributed by atoms with van der Waals surface area (Å²) in [5, 5.41) is 0. The van der Waals surface area contributed by atoms with Crippen LogP contribution in [0.15, 0.2) is 29.2 Å². The van der Waals surface area contributed by atoms with Gasteiger partial charge in [0.05, 0.1) is 0 Å². The van der Waals surface area contributed by atoms with Gasteiger partial charge in [-0.25, -0.2) is 0 Å². The minimum absolute atomic E-state index is 0.00348. The molecule has 3 nitrogen and oxygen atoms in total. The molecule has 136 valence electrons. The van der Waals surface area contributed by atoms with Crippen LogP contribution >= 0.6 is 10.2 Å². The van der Waals surface area contributed by atoms with Crippen LogP contribution in [-0.2, 0) is 0 Å². The van der Waals surface area contributed by atoms with Crippen molar-refractivity contribution in [3.63, 3.8) is 0 Å². The molecule has 0 aromatic heterocycles. The molecule has 0 bridgehead atoms. The number of carbonyl (C=O) groups excluding carboxylic acids is 1. The summed E-state index contributed by atoms with van der Waals surface area (Å²) >= 11 is 0. The zero-order chi connectivity index (χ0) is 17.7. The van der Waals surface area contributed by atoms with Crippen molar-refractivity contribution in [2.45, 2.75) is 17.7 Å². The second-order valence-corrected chi connectivity index (χ2v) is 8.94. The lowest BCUT2D eigenvalue weighted by Gasteiger charge is -2.40. The molecule has 0 N–H and O–H groups in total. The van der Waals surface area contributed by atoms with Crippen molar-refractivity contribution in [3.05, 3.63) is 29.8 Å². The van der Waals surface area contributed by atoms with Gasteiger partial charge in [-0.2, -0.15) is 0 Å². The number of amides is 1. The van der Waals surface area contributed by atoms with Crippen molar-refractivity contribution in [2.75, 3.05) is 32.7 Å². The summed E-state index contributed by atoms with van der Waals surface area (Å²) < 4.78 is 63.4. The number of piperazine rings is 1. The zero-order valence-corrected chi connectivity index (χ0v) is 13.8. The van der Waals surface area contributed by atoms with Crippen molar-refractivity contribution in [3.8, 4) is 0 Å². The maximum atomic E-state index is 12.7. The molecule has 0 unspecified atom stereocenters. The van der Waals surface area contributed by atoms with Gasteiger partial charge < -0.3 is 4.90 Å². The van der Waals surface area contributed by atoms with Gasteiger partial charge in [0, 0.05) is 38.3 Å². The highest BCUT2D eigenvalue weighted by molar-refractivity contribution is 8.45. The molecule has 2 fully saturated rings. The highest BCUT2D eigenvalue weighted by Gasteiger charge is 2.65. The maximum absolute atomic E-state index is 12.7. The summed E-state index contributed by atoms with van der Waals surface area (Å²) in [4.78, 5) is 14.2. The number of rotatable bonds is 4. The van der Waals surface area contributed by atoms with E-state index in [2.05, 4.69) is 4.90 Å². The van der Waals surface area contributed by atoms with E-state index in [1.165, 1.54) is 12.8 Å². The molecule has 24 heavy (non-hydrogen) atoms. The standard InChI is InChI=1S/C15H19F5N2OS/c16-24(17,18,19,20)14-5-3-13(4-6-14)15(23)22-9-7-21(8-10-22)11-12-1-2-12/h3-6,12H,1-2,7-11H2. The van der Waals surface area contributed by atoms with Gasteiger partial charge in [0.25, 0.3) is 5.91 Å². The highest BCUT2D eigenvalue weighted by Crippen LogP contribution is 3.02. The van der Waals surface area contributed by atoms with E-state index in [1.54, 1.807) is 4.90 Å². The van der Waals surface area contributed by atoms with Gasteiger partial charge >= 0.3 is 10.2 Å². The molecule has 0 atom stereocenters. The quantitative estimate of drug-likeness (QED) is 0.728. The summed E-state index contributed by atoms with van der Waals surface area (Å²) in [6.07, 6.45) is 2.50. The van der Waals surface area contributed by atoms with Gasteiger partial charge in [-0.05, 0) is 43.0 Å².